The van der Waals surface area contributed by atoms with E-state index in [1.165, 1.54) is 11.3 Å². The standard InChI is InChI=1S/C20H24N6O2S/c21-8-10-26-9-2-4-17(26)15-3-1-5-18(23-15)25-20-24-16(13-29-20)19(27)22-14-6-11-28-12-7-14/h1,3,5,13-14,17H,2,4,6-7,9-12H2,(H,22,27)(H,23,24,25)/t17-/m1/s1. The van der Waals surface area contributed by atoms with E-state index in [1.54, 1.807) is 5.38 Å². The Hall–Kier alpha value is -2.54. The quantitative estimate of drug-likeness (QED) is 0.703. The van der Waals surface area contributed by atoms with Gasteiger partial charge in [0.2, 0.25) is 0 Å². The zero-order valence-corrected chi connectivity index (χ0v) is 17.0. The molecule has 0 spiro atoms. The number of hydrogen-bond donors (Lipinski definition) is 2. The highest BCUT2D eigenvalue weighted by atomic mass is 32.1. The van der Waals surface area contributed by atoms with Crippen molar-refractivity contribution in [3.8, 4) is 6.07 Å². The summed E-state index contributed by atoms with van der Waals surface area (Å²) in [7, 11) is 0. The number of rotatable bonds is 6. The monoisotopic (exact) mass is 412 g/mol. The molecule has 4 heterocycles. The zero-order chi connectivity index (χ0) is 20.1. The summed E-state index contributed by atoms with van der Waals surface area (Å²) in [6.07, 6.45) is 3.75. The third-order valence-electron chi connectivity index (χ3n) is 5.28. The minimum atomic E-state index is -0.152. The molecule has 8 nitrogen and oxygen atoms in total. The Morgan fingerprint density at radius 2 is 2.17 bits per heavy atom. The molecule has 2 aliphatic heterocycles. The molecule has 2 saturated heterocycles. The van der Waals surface area contributed by atoms with Crippen LogP contribution in [0.1, 0.15) is 47.9 Å². The molecule has 1 amide bonds. The molecule has 2 aromatic heterocycles. The van der Waals surface area contributed by atoms with Crippen molar-refractivity contribution in [2.45, 2.75) is 37.8 Å². The Balaban J connectivity index is 1.40. The summed E-state index contributed by atoms with van der Waals surface area (Å²) < 4.78 is 5.32. The van der Waals surface area contributed by atoms with E-state index in [0.717, 1.165) is 37.9 Å². The molecule has 2 aromatic rings. The number of amides is 1. The average Bonchev–Trinajstić information content (AvgIpc) is 3.39. The molecule has 152 valence electrons. The lowest BCUT2D eigenvalue weighted by molar-refractivity contribution is 0.0694. The second-order valence-corrected chi connectivity index (χ2v) is 8.12. The van der Waals surface area contributed by atoms with Crippen LogP contribution in [0, 0.1) is 11.3 Å². The predicted octanol–water partition coefficient (Wildman–Crippen LogP) is 2.85. The predicted molar refractivity (Wildman–Crippen MR) is 110 cm³/mol. The second-order valence-electron chi connectivity index (χ2n) is 7.26. The SMILES string of the molecule is N#CCN1CCC[C@@H]1c1cccc(Nc2nc(C(=O)NC3CCOCC3)cs2)n1. The van der Waals surface area contributed by atoms with Crippen molar-refractivity contribution in [1.82, 2.24) is 20.2 Å². The van der Waals surface area contributed by atoms with Gasteiger partial charge in [0.25, 0.3) is 5.91 Å². The molecule has 2 N–H and O–H groups in total. The van der Waals surface area contributed by atoms with Crippen LogP contribution in [0.4, 0.5) is 10.9 Å². The number of hydrogen-bond acceptors (Lipinski definition) is 8. The Morgan fingerprint density at radius 3 is 3.00 bits per heavy atom. The van der Waals surface area contributed by atoms with Gasteiger partial charge in [0.05, 0.1) is 24.3 Å². The maximum absolute atomic E-state index is 12.4. The van der Waals surface area contributed by atoms with Gasteiger partial charge in [0.1, 0.15) is 11.5 Å². The number of carbonyl (C=O) groups excluding carboxylic acids is 1. The van der Waals surface area contributed by atoms with E-state index in [-0.39, 0.29) is 18.0 Å². The number of aromatic nitrogens is 2. The molecule has 0 bridgehead atoms. The molecular formula is C20H24N6O2S. The lowest BCUT2D eigenvalue weighted by Crippen LogP contribution is -2.39. The van der Waals surface area contributed by atoms with E-state index < -0.39 is 0 Å². The summed E-state index contributed by atoms with van der Waals surface area (Å²) in [5, 5.41) is 17.6. The van der Waals surface area contributed by atoms with Gasteiger partial charge in [-0.1, -0.05) is 6.07 Å². The molecule has 0 radical (unpaired) electrons. The first-order valence-electron chi connectivity index (χ1n) is 9.92. The lowest BCUT2D eigenvalue weighted by atomic mass is 10.1. The molecule has 2 aliphatic rings. The van der Waals surface area contributed by atoms with Gasteiger partial charge >= 0.3 is 0 Å². The van der Waals surface area contributed by atoms with Gasteiger partial charge in [-0.15, -0.1) is 11.3 Å². The van der Waals surface area contributed by atoms with Crippen LogP contribution in [-0.4, -0.2) is 53.1 Å². The molecule has 0 saturated carbocycles. The Bertz CT molecular complexity index is 889. The topological polar surface area (TPSA) is 103 Å². The van der Waals surface area contributed by atoms with Crippen LogP contribution in [0.2, 0.25) is 0 Å². The van der Waals surface area contributed by atoms with Gasteiger partial charge in [-0.3, -0.25) is 9.69 Å². The smallest absolute Gasteiger partial charge is 0.271 e. The van der Waals surface area contributed by atoms with Crippen molar-refractivity contribution in [3.05, 3.63) is 35.0 Å². The van der Waals surface area contributed by atoms with E-state index >= 15 is 0 Å². The van der Waals surface area contributed by atoms with Crippen LogP contribution in [0.15, 0.2) is 23.6 Å². The third-order valence-corrected chi connectivity index (χ3v) is 6.04. The highest BCUT2D eigenvalue weighted by molar-refractivity contribution is 7.14. The Labute approximate surface area is 173 Å². The van der Waals surface area contributed by atoms with Crippen molar-refractivity contribution < 1.29 is 9.53 Å². The molecule has 0 unspecified atom stereocenters. The number of pyridine rings is 1. The number of thiazole rings is 1. The average molecular weight is 413 g/mol. The summed E-state index contributed by atoms with van der Waals surface area (Å²) in [5.74, 6) is 0.540. The number of carbonyl (C=O) groups is 1. The fraction of sp³-hybridized carbons (Fsp3) is 0.500. The van der Waals surface area contributed by atoms with E-state index in [1.807, 2.05) is 18.2 Å². The van der Waals surface area contributed by atoms with Gasteiger partial charge in [0, 0.05) is 24.6 Å². The van der Waals surface area contributed by atoms with E-state index in [4.69, 9.17) is 15.0 Å². The summed E-state index contributed by atoms with van der Waals surface area (Å²) in [6, 6.07) is 8.40. The molecular weight excluding hydrogens is 388 g/mol. The first kappa shape index (κ1) is 19.8. The third kappa shape index (κ3) is 4.90. The molecule has 4 rings (SSSR count). The van der Waals surface area contributed by atoms with Gasteiger partial charge < -0.3 is 15.4 Å². The minimum absolute atomic E-state index is 0.149. The van der Waals surface area contributed by atoms with Gasteiger partial charge in [-0.05, 0) is 44.4 Å². The van der Waals surface area contributed by atoms with Crippen LogP contribution in [0.25, 0.3) is 0 Å². The highest BCUT2D eigenvalue weighted by Gasteiger charge is 2.27. The summed E-state index contributed by atoms with van der Waals surface area (Å²) in [6.45, 7) is 2.71. The number of nitrogens with zero attached hydrogens (tertiary/aromatic N) is 4. The molecule has 2 fully saturated rings. The van der Waals surface area contributed by atoms with Crippen molar-refractivity contribution in [1.29, 1.82) is 5.26 Å². The first-order valence-corrected chi connectivity index (χ1v) is 10.8. The van der Waals surface area contributed by atoms with Gasteiger partial charge in [-0.25, -0.2) is 9.97 Å². The second kappa shape index (κ2) is 9.31. The van der Waals surface area contributed by atoms with E-state index in [2.05, 4.69) is 26.6 Å². The Morgan fingerprint density at radius 1 is 1.31 bits per heavy atom. The molecule has 0 aromatic carbocycles. The van der Waals surface area contributed by atoms with Crippen molar-refractivity contribution in [3.63, 3.8) is 0 Å². The molecule has 29 heavy (non-hydrogen) atoms. The number of anilines is 2. The summed E-state index contributed by atoms with van der Waals surface area (Å²) in [5.41, 5.74) is 1.37. The fourth-order valence-electron chi connectivity index (χ4n) is 3.79. The molecule has 9 heteroatoms. The zero-order valence-electron chi connectivity index (χ0n) is 16.1. The fourth-order valence-corrected chi connectivity index (χ4v) is 4.49. The first-order chi connectivity index (χ1) is 14.2. The van der Waals surface area contributed by atoms with Crippen molar-refractivity contribution >= 4 is 28.2 Å². The van der Waals surface area contributed by atoms with Crippen LogP contribution < -0.4 is 10.6 Å². The molecule has 1 atom stereocenters. The van der Waals surface area contributed by atoms with Crippen LogP contribution in [0.3, 0.4) is 0 Å². The van der Waals surface area contributed by atoms with Crippen molar-refractivity contribution in [2.24, 2.45) is 0 Å². The summed E-state index contributed by atoms with van der Waals surface area (Å²) >= 11 is 1.38. The van der Waals surface area contributed by atoms with Crippen LogP contribution >= 0.6 is 11.3 Å². The largest absolute Gasteiger partial charge is 0.381 e. The Kier molecular flexibility index (Phi) is 6.34. The van der Waals surface area contributed by atoms with Gasteiger partial charge in [-0.2, -0.15) is 5.26 Å². The highest BCUT2D eigenvalue weighted by Crippen LogP contribution is 2.31. The maximum atomic E-state index is 12.4. The van der Waals surface area contributed by atoms with E-state index in [9.17, 15) is 4.79 Å². The lowest BCUT2D eigenvalue weighted by Gasteiger charge is -2.22. The maximum Gasteiger partial charge on any atom is 0.271 e. The van der Waals surface area contributed by atoms with Crippen molar-refractivity contribution in [2.75, 3.05) is 31.6 Å². The van der Waals surface area contributed by atoms with Crippen LogP contribution in [0.5, 0.6) is 0 Å². The number of likely N-dealkylation sites (tertiary alicyclic amines) is 1. The van der Waals surface area contributed by atoms with E-state index in [0.29, 0.717) is 36.4 Å². The van der Waals surface area contributed by atoms with Crippen LogP contribution in [-0.2, 0) is 4.74 Å². The normalized spacial score (nSPS) is 20.3. The minimum Gasteiger partial charge on any atom is -0.381 e. The number of ether oxygens (including phenoxy) is 1. The van der Waals surface area contributed by atoms with Gasteiger partial charge in [0.15, 0.2) is 5.13 Å². The number of nitriles is 1. The number of nitrogens with one attached hydrogen (secondary N) is 2. The molecule has 0 aliphatic carbocycles. The summed E-state index contributed by atoms with van der Waals surface area (Å²) in [4.78, 5) is 23.7.